The second kappa shape index (κ2) is 10.1. The Morgan fingerprint density at radius 1 is 1.09 bits per heavy atom. The lowest BCUT2D eigenvalue weighted by atomic mass is 9.75. The molecule has 4 aliphatic rings. The van der Waals surface area contributed by atoms with Crippen LogP contribution in [0.5, 0.6) is 0 Å². The Hall–Kier alpha value is -2.65. The van der Waals surface area contributed by atoms with Crippen molar-refractivity contribution >= 4 is 29.2 Å². The summed E-state index contributed by atoms with van der Waals surface area (Å²) in [5.74, 6) is -0.0527. The van der Waals surface area contributed by atoms with Crippen LogP contribution in [0.1, 0.15) is 50.5 Å². The molecule has 3 N–H and O–H groups in total. The van der Waals surface area contributed by atoms with Gasteiger partial charge < -0.3 is 30.5 Å². The third-order valence-corrected chi connectivity index (χ3v) is 8.31. The number of carbonyl (C=O) groups excluding carboxylic acids is 3. The molecule has 9 nitrogen and oxygen atoms in total. The smallest absolute Gasteiger partial charge is 0.318 e. The van der Waals surface area contributed by atoms with Crippen molar-refractivity contribution in [3.8, 4) is 0 Å². The van der Waals surface area contributed by atoms with Gasteiger partial charge in [0.2, 0.25) is 11.8 Å². The fourth-order valence-electron chi connectivity index (χ4n) is 6.04. The van der Waals surface area contributed by atoms with Gasteiger partial charge in [-0.25, -0.2) is 4.79 Å². The average molecular weight is 484 g/mol. The lowest BCUT2D eigenvalue weighted by molar-refractivity contribution is -0.124. The highest BCUT2D eigenvalue weighted by atomic mass is 16.5. The number of hydrogen-bond donors (Lipinski definition) is 3. The predicted molar refractivity (Wildman–Crippen MR) is 133 cm³/mol. The zero-order valence-corrected chi connectivity index (χ0v) is 20.6. The van der Waals surface area contributed by atoms with Crippen molar-refractivity contribution in [2.45, 2.75) is 56.4 Å². The number of piperazine rings is 1. The molecule has 1 saturated carbocycles. The maximum Gasteiger partial charge on any atom is 0.318 e. The lowest BCUT2D eigenvalue weighted by Gasteiger charge is -2.35. The summed E-state index contributed by atoms with van der Waals surface area (Å²) in [7, 11) is 2.05. The molecule has 1 aromatic carbocycles. The summed E-state index contributed by atoms with van der Waals surface area (Å²) in [5, 5.41) is 9.12. The normalized spacial score (nSPS) is 23.5. The van der Waals surface area contributed by atoms with Crippen LogP contribution in [0, 0.1) is 5.92 Å². The minimum atomic E-state index is -0.577. The zero-order valence-electron chi connectivity index (χ0n) is 20.6. The van der Waals surface area contributed by atoms with E-state index in [-0.39, 0.29) is 23.8 Å². The minimum Gasteiger partial charge on any atom is -0.381 e. The summed E-state index contributed by atoms with van der Waals surface area (Å²) in [6.45, 7) is 4.14. The average Bonchev–Trinajstić information content (AvgIpc) is 3.13. The van der Waals surface area contributed by atoms with Gasteiger partial charge in [0.15, 0.2) is 0 Å². The van der Waals surface area contributed by atoms with Crippen molar-refractivity contribution in [1.29, 1.82) is 0 Å². The maximum atomic E-state index is 13.5. The Bertz CT molecular complexity index is 962. The number of hydrogen-bond acceptors (Lipinski definition) is 5. The first kappa shape index (κ1) is 24.1. The molecule has 0 unspecified atom stereocenters. The Balaban J connectivity index is 1.30. The predicted octanol–water partition coefficient (Wildman–Crippen LogP) is 2.53. The van der Waals surface area contributed by atoms with Gasteiger partial charge in [-0.15, -0.1) is 0 Å². The first-order valence-corrected chi connectivity index (χ1v) is 13.0. The highest BCUT2D eigenvalue weighted by Gasteiger charge is 2.47. The molecule has 4 amide bonds. The molecule has 5 rings (SSSR count). The number of likely N-dealkylation sites (N-methyl/N-ethyl adjacent to an activating group) is 1. The summed E-state index contributed by atoms with van der Waals surface area (Å²) in [6, 6.07) is 4.93. The van der Waals surface area contributed by atoms with Gasteiger partial charge in [0.1, 0.15) is 6.04 Å². The largest absolute Gasteiger partial charge is 0.381 e. The third kappa shape index (κ3) is 4.89. The molecule has 1 aliphatic carbocycles. The van der Waals surface area contributed by atoms with Crippen molar-refractivity contribution < 1.29 is 19.1 Å². The molecule has 0 radical (unpaired) electrons. The number of ether oxygens (including phenoxy) is 1. The SMILES string of the molecule is CN1CCN(C(=O)N[C@H](C(=O)Nc2ccc3c(c2)NC(=O)C32CCOCC2)C2CCCCC2)CC1. The molecule has 190 valence electrons. The number of fused-ring (bicyclic) bond motifs is 2. The molecule has 0 aromatic heterocycles. The molecule has 1 spiro atoms. The van der Waals surface area contributed by atoms with Crippen molar-refractivity contribution in [1.82, 2.24) is 15.1 Å². The number of nitrogens with one attached hydrogen (secondary N) is 3. The highest BCUT2D eigenvalue weighted by Crippen LogP contribution is 2.45. The van der Waals surface area contributed by atoms with Crippen molar-refractivity contribution in [3.05, 3.63) is 23.8 Å². The number of benzene rings is 1. The van der Waals surface area contributed by atoms with Crippen LogP contribution >= 0.6 is 0 Å². The van der Waals surface area contributed by atoms with Gasteiger partial charge in [0.25, 0.3) is 0 Å². The summed E-state index contributed by atoms with van der Waals surface area (Å²) in [4.78, 5) is 43.4. The Morgan fingerprint density at radius 2 is 1.80 bits per heavy atom. The molecule has 0 bridgehead atoms. The van der Waals surface area contributed by atoms with E-state index in [9.17, 15) is 14.4 Å². The first-order chi connectivity index (χ1) is 17.0. The van der Waals surface area contributed by atoms with E-state index in [2.05, 4.69) is 27.9 Å². The van der Waals surface area contributed by atoms with E-state index in [4.69, 9.17) is 4.74 Å². The van der Waals surface area contributed by atoms with E-state index in [0.29, 0.717) is 44.8 Å². The van der Waals surface area contributed by atoms with Crippen LogP contribution in [0.25, 0.3) is 0 Å². The van der Waals surface area contributed by atoms with E-state index in [1.807, 2.05) is 18.2 Å². The van der Waals surface area contributed by atoms with Crippen molar-refractivity contribution in [2.75, 3.05) is 57.1 Å². The van der Waals surface area contributed by atoms with Gasteiger partial charge in [-0.1, -0.05) is 25.3 Å². The van der Waals surface area contributed by atoms with Gasteiger partial charge in [-0.2, -0.15) is 0 Å². The van der Waals surface area contributed by atoms with E-state index in [1.165, 1.54) is 6.42 Å². The van der Waals surface area contributed by atoms with E-state index < -0.39 is 11.5 Å². The van der Waals surface area contributed by atoms with Crippen LogP contribution in [-0.2, 0) is 19.7 Å². The van der Waals surface area contributed by atoms with Crippen LogP contribution in [0.2, 0.25) is 0 Å². The van der Waals surface area contributed by atoms with Crippen molar-refractivity contribution in [2.24, 2.45) is 5.92 Å². The Kier molecular flexibility index (Phi) is 6.98. The number of anilines is 2. The van der Waals surface area contributed by atoms with Crippen LogP contribution < -0.4 is 16.0 Å². The molecule has 3 fully saturated rings. The molecule has 3 aliphatic heterocycles. The molecule has 1 atom stereocenters. The first-order valence-electron chi connectivity index (χ1n) is 13.0. The van der Waals surface area contributed by atoms with Crippen LogP contribution in [0.15, 0.2) is 18.2 Å². The van der Waals surface area contributed by atoms with Crippen LogP contribution in [0.3, 0.4) is 0 Å². The van der Waals surface area contributed by atoms with E-state index in [1.54, 1.807) is 4.90 Å². The molecule has 1 aromatic rings. The number of urea groups is 1. The summed E-state index contributed by atoms with van der Waals surface area (Å²) in [6.07, 6.45) is 6.54. The van der Waals surface area contributed by atoms with Gasteiger partial charge in [0.05, 0.1) is 5.41 Å². The second-order valence-corrected chi connectivity index (χ2v) is 10.5. The van der Waals surface area contributed by atoms with E-state index in [0.717, 1.165) is 50.0 Å². The van der Waals surface area contributed by atoms with Gasteiger partial charge in [0, 0.05) is 50.8 Å². The van der Waals surface area contributed by atoms with Gasteiger partial charge in [-0.3, -0.25) is 9.59 Å². The molecular weight excluding hydrogens is 446 g/mol. The second-order valence-electron chi connectivity index (χ2n) is 10.5. The van der Waals surface area contributed by atoms with Crippen LogP contribution in [-0.4, -0.2) is 80.1 Å². The minimum absolute atomic E-state index is 0.0128. The fourth-order valence-corrected chi connectivity index (χ4v) is 6.04. The van der Waals surface area contributed by atoms with E-state index >= 15 is 0 Å². The molecular formula is C26H37N5O4. The number of rotatable bonds is 4. The number of nitrogens with zero attached hydrogens (tertiary/aromatic N) is 2. The van der Waals surface area contributed by atoms with Crippen molar-refractivity contribution in [3.63, 3.8) is 0 Å². The van der Waals surface area contributed by atoms with Gasteiger partial charge >= 0.3 is 6.03 Å². The molecule has 3 heterocycles. The number of amides is 4. The highest BCUT2D eigenvalue weighted by molar-refractivity contribution is 6.07. The quantitative estimate of drug-likeness (QED) is 0.611. The maximum absolute atomic E-state index is 13.5. The summed E-state index contributed by atoms with van der Waals surface area (Å²) < 4.78 is 5.48. The topological polar surface area (TPSA) is 103 Å². The molecule has 35 heavy (non-hydrogen) atoms. The number of carbonyl (C=O) groups is 3. The Labute approximate surface area is 206 Å². The fraction of sp³-hybridized carbons (Fsp3) is 0.654. The Morgan fingerprint density at radius 3 is 2.51 bits per heavy atom. The summed E-state index contributed by atoms with van der Waals surface area (Å²) >= 11 is 0. The molecule has 9 heteroatoms. The molecule has 2 saturated heterocycles. The van der Waals surface area contributed by atoms with Gasteiger partial charge in [-0.05, 0) is 56.3 Å². The standard InChI is InChI=1S/C26H37N5O4/c1-30-11-13-31(14-12-30)25(34)29-22(18-5-3-2-4-6-18)23(32)27-19-7-8-20-21(17-19)28-24(33)26(20)9-15-35-16-10-26/h7-8,17-18,22H,2-6,9-16H2,1H3,(H,27,32)(H,28,33)(H,29,34)/t22-/m0/s1. The third-order valence-electron chi connectivity index (χ3n) is 8.31. The monoisotopic (exact) mass is 483 g/mol. The zero-order chi connectivity index (χ0) is 24.4. The van der Waals surface area contributed by atoms with Crippen LogP contribution in [0.4, 0.5) is 16.2 Å². The summed E-state index contributed by atoms with van der Waals surface area (Å²) in [5.41, 5.74) is 1.84. The lowest BCUT2D eigenvalue weighted by Crippen LogP contribution is -2.56.